The van der Waals surface area contributed by atoms with E-state index in [1.807, 2.05) is 0 Å². The van der Waals surface area contributed by atoms with E-state index in [1.54, 1.807) is 0 Å². The summed E-state index contributed by atoms with van der Waals surface area (Å²) in [5, 5.41) is 1.27. The molecule has 1 aliphatic heterocycles. The molecule has 1 aromatic carbocycles. The molecule has 0 radical (unpaired) electrons. The minimum absolute atomic E-state index is 0.352. The van der Waals surface area contributed by atoms with Crippen LogP contribution in [0.15, 0.2) is 30.3 Å². The van der Waals surface area contributed by atoms with Gasteiger partial charge in [-0.05, 0) is 30.4 Å². The largest absolute Gasteiger partial charge is 0.357 e. The highest BCUT2D eigenvalue weighted by molar-refractivity contribution is 5.81. The van der Waals surface area contributed by atoms with Gasteiger partial charge in [0.05, 0.1) is 0 Å². The lowest BCUT2D eigenvalue weighted by Gasteiger charge is -2.34. The lowest BCUT2D eigenvalue weighted by atomic mass is 10.2. The van der Waals surface area contributed by atoms with Crippen molar-refractivity contribution in [3.05, 3.63) is 36.0 Å². The summed E-state index contributed by atoms with van der Waals surface area (Å²) in [6, 6.07) is 10.6. The number of para-hydroxylation sites is 1. The Kier molecular flexibility index (Phi) is 3.19. The second-order valence-electron chi connectivity index (χ2n) is 6.26. The van der Waals surface area contributed by atoms with E-state index in [0.29, 0.717) is 11.8 Å². The molecule has 4 rings (SSSR count). The number of aromatic amines is 1. The molecule has 110 valence electrons. The fourth-order valence-corrected chi connectivity index (χ4v) is 3.17. The van der Waals surface area contributed by atoms with Gasteiger partial charge >= 0.3 is 0 Å². The van der Waals surface area contributed by atoms with Gasteiger partial charge in [-0.3, -0.25) is 9.69 Å². The summed E-state index contributed by atoms with van der Waals surface area (Å²) >= 11 is 0. The maximum absolute atomic E-state index is 12.0. The summed E-state index contributed by atoms with van der Waals surface area (Å²) in [4.78, 5) is 20.0. The molecule has 0 bridgehead atoms. The number of carbonyl (C=O) groups is 1. The van der Waals surface area contributed by atoms with Gasteiger partial charge in [0.25, 0.3) is 0 Å². The van der Waals surface area contributed by atoms with Crippen molar-refractivity contribution in [1.29, 1.82) is 0 Å². The number of piperazine rings is 1. The van der Waals surface area contributed by atoms with E-state index in [9.17, 15) is 4.79 Å². The molecule has 0 spiro atoms. The van der Waals surface area contributed by atoms with Crippen LogP contribution in [0.3, 0.4) is 0 Å². The highest BCUT2D eigenvalue weighted by Crippen LogP contribution is 2.31. The molecule has 21 heavy (non-hydrogen) atoms. The van der Waals surface area contributed by atoms with Crippen LogP contribution in [0, 0.1) is 5.92 Å². The monoisotopic (exact) mass is 283 g/mol. The van der Waals surface area contributed by atoms with Crippen molar-refractivity contribution in [2.45, 2.75) is 19.4 Å². The Hall–Kier alpha value is -1.81. The Morgan fingerprint density at radius 3 is 2.62 bits per heavy atom. The first-order chi connectivity index (χ1) is 10.3. The smallest absolute Gasteiger partial charge is 0.225 e. The second-order valence-corrected chi connectivity index (χ2v) is 6.26. The fraction of sp³-hybridized carbons (Fsp3) is 0.471. The highest BCUT2D eigenvalue weighted by Gasteiger charge is 2.34. The van der Waals surface area contributed by atoms with E-state index in [1.165, 1.54) is 16.6 Å². The Balaban J connectivity index is 1.36. The van der Waals surface area contributed by atoms with Crippen molar-refractivity contribution < 1.29 is 4.79 Å². The minimum Gasteiger partial charge on any atom is -0.357 e. The lowest BCUT2D eigenvalue weighted by Crippen LogP contribution is -2.48. The molecular weight excluding hydrogens is 262 g/mol. The van der Waals surface area contributed by atoms with E-state index in [2.05, 4.69) is 45.1 Å². The van der Waals surface area contributed by atoms with Crippen LogP contribution in [0.1, 0.15) is 18.5 Å². The van der Waals surface area contributed by atoms with Gasteiger partial charge in [0.1, 0.15) is 0 Å². The van der Waals surface area contributed by atoms with E-state index in [-0.39, 0.29) is 0 Å². The van der Waals surface area contributed by atoms with Crippen molar-refractivity contribution in [2.24, 2.45) is 5.92 Å². The zero-order valence-electron chi connectivity index (χ0n) is 12.2. The molecule has 4 nitrogen and oxygen atoms in total. The van der Waals surface area contributed by atoms with Gasteiger partial charge in [-0.15, -0.1) is 0 Å². The molecule has 0 unspecified atom stereocenters. The summed E-state index contributed by atoms with van der Waals surface area (Å²) < 4.78 is 0. The number of rotatable bonds is 3. The number of benzene rings is 1. The Morgan fingerprint density at radius 2 is 1.90 bits per heavy atom. The number of H-pyrrole nitrogens is 1. The van der Waals surface area contributed by atoms with Gasteiger partial charge in [0.2, 0.25) is 5.91 Å². The average molecular weight is 283 g/mol. The van der Waals surface area contributed by atoms with Crippen molar-refractivity contribution in [2.75, 3.05) is 26.2 Å². The van der Waals surface area contributed by atoms with Crippen LogP contribution >= 0.6 is 0 Å². The molecule has 2 aromatic rings. The molecule has 4 heteroatoms. The third kappa shape index (κ3) is 2.68. The fourth-order valence-electron chi connectivity index (χ4n) is 3.17. The van der Waals surface area contributed by atoms with E-state index in [4.69, 9.17) is 0 Å². The van der Waals surface area contributed by atoms with Crippen LogP contribution in [0.4, 0.5) is 0 Å². The summed E-state index contributed by atoms with van der Waals surface area (Å²) in [6.45, 7) is 4.67. The van der Waals surface area contributed by atoms with Gasteiger partial charge in [0, 0.05) is 49.9 Å². The number of hydrogen-bond acceptors (Lipinski definition) is 2. The second kappa shape index (κ2) is 5.19. The van der Waals surface area contributed by atoms with Gasteiger partial charge in [-0.1, -0.05) is 18.2 Å². The molecule has 2 heterocycles. The van der Waals surface area contributed by atoms with Crippen LogP contribution in [0.5, 0.6) is 0 Å². The van der Waals surface area contributed by atoms with Gasteiger partial charge in [-0.25, -0.2) is 0 Å². The molecule has 1 aromatic heterocycles. The van der Waals surface area contributed by atoms with Crippen LogP contribution < -0.4 is 0 Å². The standard InChI is InChI=1S/C17H21N3O/c21-17(13-5-6-13)20-9-7-19(8-10-20)12-15-11-14-3-1-2-4-16(14)18-15/h1-4,11,13,18H,5-10,12H2. The summed E-state index contributed by atoms with van der Waals surface area (Å²) in [5.41, 5.74) is 2.47. The number of amides is 1. The third-order valence-electron chi connectivity index (χ3n) is 4.59. The minimum atomic E-state index is 0.352. The zero-order valence-corrected chi connectivity index (χ0v) is 12.2. The summed E-state index contributed by atoms with van der Waals surface area (Å²) in [7, 11) is 0. The quantitative estimate of drug-likeness (QED) is 0.938. The normalized spacial score (nSPS) is 20.1. The van der Waals surface area contributed by atoms with E-state index >= 15 is 0 Å². The molecule has 2 fully saturated rings. The number of aromatic nitrogens is 1. The first-order valence-electron chi connectivity index (χ1n) is 7.87. The van der Waals surface area contributed by atoms with Crippen molar-refractivity contribution in [3.63, 3.8) is 0 Å². The first-order valence-corrected chi connectivity index (χ1v) is 7.87. The van der Waals surface area contributed by atoms with Gasteiger partial charge < -0.3 is 9.88 Å². The molecule has 0 atom stereocenters. The van der Waals surface area contributed by atoms with Gasteiger partial charge in [0.15, 0.2) is 0 Å². The molecule has 1 saturated heterocycles. The topological polar surface area (TPSA) is 39.3 Å². The van der Waals surface area contributed by atoms with Crippen LogP contribution in [-0.4, -0.2) is 46.9 Å². The number of carbonyl (C=O) groups excluding carboxylic acids is 1. The van der Waals surface area contributed by atoms with Gasteiger partial charge in [-0.2, -0.15) is 0 Å². The van der Waals surface area contributed by atoms with Crippen molar-refractivity contribution in [3.8, 4) is 0 Å². The first kappa shape index (κ1) is 12.9. The lowest BCUT2D eigenvalue weighted by molar-refractivity contribution is -0.134. The maximum atomic E-state index is 12.0. The average Bonchev–Trinajstić information content (AvgIpc) is 3.27. The van der Waals surface area contributed by atoms with Crippen LogP contribution in [0.25, 0.3) is 10.9 Å². The van der Waals surface area contributed by atoms with Crippen LogP contribution in [0.2, 0.25) is 0 Å². The molecule has 1 aliphatic carbocycles. The predicted octanol–water partition coefficient (Wildman–Crippen LogP) is 2.22. The van der Waals surface area contributed by atoms with E-state index in [0.717, 1.165) is 45.6 Å². The molecule has 1 saturated carbocycles. The summed E-state index contributed by atoms with van der Waals surface area (Å²) in [6.07, 6.45) is 2.21. The number of hydrogen-bond donors (Lipinski definition) is 1. The Labute approximate surface area is 124 Å². The number of fused-ring (bicyclic) bond motifs is 1. The van der Waals surface area contributed by atoms with Crippen molar-refractivity contribution >= 4 is 16.8 Å². The maximum Gasteiger partial charge on any atom is 0.225 e. The van der Waals surface area contributed by atoms with Crippen LogP contribution in [-0.2, 0) is 11.3 Å². The highest BCUT2D eigenvalue weighted by atomic mass is 16.2. The Morgan fingerprint density at radius 1 is 1.14 bits per heavy atom. The molecule has 1 amide bonds. The summed E-state index contributed by atoms with van der Waals surface area (Å²) in [5.74, 6) is 0.741. The molecule has 1 N–H and O–H groups in total. The predicted molar refractivity (Wildman–Crippen MR) is 82.9 cm³/mol. The number of nitrogens with one attached hydrogen (secondary N) is 1. The SMILES string of the molecule is O=C(C1CC1)N1CCN(Cc2cc3ccccc3[nH]2)CC1. The Bertz CT molecular complexity index is 618. The number of nitrogens with zero attached hydrogens (tertiary/aromatic N) is 2. The molecule has 2 aliphatic rings. The zero-order chi connectivity index (χ0) is 14.2. The van der Waals surface area contributed by atoms with E-state index < -0.39 is 0 Å². The third-order valence-corrected chi connectivity index (χ3v) is 4.59. The molecular formula is C17H21N3O. The van der Waals surface area contributed by atoms with Crippen molar-refractivity contribution in [1.82, 2.24) is 14.8 Å².